The van der Waals surface area contributed by atoms with Gasteiger partial charge < -0.3 is 9.40 Å². The molecule has 0 spiro atoms. The van der Waals surface area contributed by atoms with Crippen LogP contribution in [0.1, 0.15) is 37.1 Å². The van der Waals surface area contributed by atoms with Crippen molar-refractivity contribution in [2.45, 2.75) is 50.7 Å². The molecule has 1 aliphatic rings. The van der Waals surface area contributed by atoms with Crippen molar-refractivity contribution < 1.29 is 12.8 Å². The Kier molecular flexibility index (Phi) is 3.62. The largest absolute Gasteiger partial charge is 0.465 e. The SMILES string of the molecule is CCc1ncc(S(=O)(=O)N(Cc2ccc(C)o2)C2CC2)[nH]1. The summed E-state index contributed by atoms with van der Waals surface area (Å²) in [5, 5.41) is 0.162. The van der Waals surface area contributed by atoms with Crippen molar-refractivity contribution >= 4 is 10.0 Å². The Hall–Kier alpha value is -1.60. The number of sulfonamides is 1. The molecule has 1 saturated carbocycles. The molecule has 2 aromatic rings. The van der Waals surface area contributed by atoms with Gasteiger partial charge in [0.1, 0.15) is 17.3 Å². The number of aromatic nitrogens is 2. The van der Waals surface area contributed by atoms with Gasteiger partial charge >= 0.3 is 0 Å². The summed E-state index contributed by atoms with van der Waals surface area (Å²) in [6, 6.07) is 3.73. The molecule has 7 heteroatoms. The van der Waals surface area contributed by atoms with Crippen molar-refractivity contribution in [1.82, 2.24) is 14.3 Å². The molecule has 0 saturated heterocycles. The lowest BCUT2D eigenvalue weighted by atomic mass is 10.4. The summed E-state index contributed by atoms with van der Waals surface area (Å²) < 4.78 is 32.6. The lowest BCUT2D eigenvalue weighted by Gasteiger charge is -2.19. The Morgan fingerprint density at radius 2 is 2.19 bits per heavy atom. The van der Waals surface area contributed by atoms with E-state index in [-0.39, 0.29) is 17.6 Å². The number of hydrogen-bond acceptors (Lipinski definition) is 4. The fourth-order valence-electron chi connectivity index (χ4n) is 2.28. The van der Waals surface area contributed by atoms with Crippen LogP contribution in [0.4, 0.5) is 0 Å². The molecule has 6 nitrogen and oxygen atoms in total. The van der Waals surface area contributed by atoms with Gasteiger partial charge in [0.25, 0.3) is 10.0 Å². The molecule has 0 atom stereocenters. The number of rotatable bonds is 6. The van der Waals surface area contributed by atoms with Gasteiger partial charge in [-0.3, -0.25) is 0 Å². The normalized spacial score (nSPS) is 15.8. The summed E-state index contributed by atoms with van der Waals surface area (Å²) >= 11 is 0. The van der Waals surface area contributed by atoms with Gasteiger partial charge in [0.15, 0.2) is 5.03 Å². The van der Waals surface area contributed by atoms with E-state index in [0.717, 1.165) is 18.6 Å². The molecular formula is C14H19N3O3S. The molecule has 0 radical (unpaired) electrons. The fourth-order valence-corrected chi connectivity index (χ4v) is 3.86. The predicted molar refractivity (Wildman–Crippen MR) is 77.2 cm³/mol. The third kappa shape index (κ3) is 2.89. The smallest absolute Gasteiger partial charge is 0.260 e. The summed E-state index contributed by atoms with van der Waals surface area (Å²) in [5.74, 6) is 2.13. The van der Waals surface area contributed by atoms with Gasteiger partial charge in [-0.1, -0.05) is 6.92 Å². The standard InChI is InChI=1S/C14H19N3O3S/c1-3-13-15-8-14(16-13)21(18,19)17(11-5-6-11)9-12-7-4-10(2)20-12/h4,7-8,11H,3,5-6,9H2,1-2H3,(H,15,16). The van der Waals surface area contributed by atoms with Crippen LogP contribution >= 0.6 is 0 Å². The van der Waals surface area contributed by atoms with Crippen LogP contribution in [0, 0.1) is 6.92 Å². The summed E-state index contributed by atoms with van der Waals surface area (Å²) in [7, 11) is -3.56. The van der Waals surface area contributed by atoms with Crippen molar-refractivity contribution in [1.29, 1.82) is 0 Å². The van der Waals surface area contributed by atoms with E-state index in [1.54, 1.807) is 0 Å². The van der Waals surface area contributed by atoms with Crippen LogP contribution in [0.3, 0.4) is 0 Å². The molecule has 2 heterocycles. The molecule has 0 amide bonds. The molecule has 0 bridgehead atoms. The second-order valence-corrected chi connectivity index (χ2v) is 7.20. The number of furan rings is 1. The van der Waals surface area contributed by atoms with Crippen LogP contribution in [-0.2, 0) is 23.0 Å². The first kappa shape index (κ1) is 14.3. The number of nitrogens with zero attached hydrogens (tertiary/aromatic N) is 2. The van der Waals surface area contributed by atoms with Crippen LogP contribution in [0.2, 0.25) is 0 Å². The van der Waals surface area contributed by atoms with Crippen molar-refractivity contribution in [2.75, 3.05) is 0 Å². The zero-order valence-corrected chi connectivity index (χ0v) is 13.0. The summed E-state index contributed by atoms with van der Waals surface area (Å²) in [6.07, 6.45) is 3.87. The van der Waals surface area contributed by atoms with Gasteiger partial charge in [0.2, 0.25) is 0 Å². The van der Waals surface area contributed by atoms with Gasteiger partial charge in [-0.05, 0) is 31.9 Å². The van der Waals surface area contributed by atoms with Gasteiger partial charge in [0.05, 0.1) is 12.7 Å². The summed E-state index contributed by atoms with van der Waals surface area (Å²) in [5.41, 5.74) is 0. The van der Waals surface area contributed by atoms with E-state index >= 15 is 0 Å². The molecule has 1 aliphatic carbocycles. The highest BCUT2D eigenvalue weighted by Crippen LogP contribution is 2.33. The third-order valence-corrected chi connectivity index (χ3v) is 5.40. The second kappa shape index (κ2) is 5.31. The van der Waals surface area contributed by atoms with Crippen LogP contribution < -0.4 is 0 Å². The predicted octanol–water partition coefficient (Wildman–Crippen LogP) is 2.23. The quantitative estimate of drug-likeness (QED) is 0.887. The summed E-state index contributed by atoms with van der Waals surface area (Å²) in [6.45, 7) is 4.04. The zero-order chi connectivity index (χ0) is 15.0. The third-order valence-electron chi connectivity index (χ3n) is 3.59. The Morgan fingerprint density at radius 3 is 2.71 bits per heavy atom. The number of aromatic amines is 1. The monoisotopic (exact) mass is 309 g/mol. The number of aryl methyl sites for hydroxylation is 2. The van der Waals surface area contributed by atoms with E-state index in [1.165, 1.54) is 10.5 Å². The Balaban J connectivity index is 1.89. The molecule has 114 valence electrons. The van der Waals surface area contributed by atoms with E-state index in [9.17, 15) is 8.42 Å². The lowest BCUT2D eigenvalue weighted by molar-refractivity contribution is 0.351. The number of imidazole rings is 1. The number of H-pyrrole nitrogens is 1. The highest BCUT2D eigenvalue weighted by Gasteiger charge is 2.39. The van der Waals surface area contributed by atoms with Crippen molar-refractivity contribution in [2.24, 2.45) is 0 Å². The van der Waals surface area contributed by atoms with Gasteiger partial charge in [-0.25, -0.2) is 13.4 Å². The minimum atomic E-state index is -3.56. The Labute approximate surface area is 124 Å². The lowest BCUT2D eigenvalue weighted by Crippen LogP contribution is -2.32. The highest BCUT2D eigenvalue weighted by atomic mass is 32.2. The maximum absolute atomic E-state index is 12.8. The molecular weight excluding hydrogens is 290 g/mol. The van der Waals surface area contributed by atoms with Crippen LogP contribution in [0.5, 0.6) is 0 Å². The van der Waals surface area contributed by atoms with Crippen molar-refractivity contribution in [3.8, 4) is 0 Å². The van der Waals surface area contributed by atoms with E-state index in [1.807, 2.05) is 26.0 Å². The Bertz CT molecular complexity index is 728. The first-order chi connectivity index (χ1) is 10.0. The maximum Gasteiger partial charge on any atom is 0.260 e. The van der Waals surface area contributed by atoms with E-state index in [0.29, 0.717) is 18.0 Å². The molecule has 2 aromatic heterocycles. The molecule has 1 N–H and O–H groups in total. The fraction of sp³-hybridized carbons (Fsp3) is 0.500. The minimum absolute atomic E-state index is 0.0637. The number of nitrogens with one attached hydrogen (secondary N) is 1. The topological polar surface area (TPSA) is 79.2 Å². The second-order valence-electron chi connectivity index (χ2n) is 5.34. The first-order valence-corrected chi connectivity index (χ1v) is 8.55. The van der Waals surface area contributed by atoms with E-state index in [4.69, 9.17) is 4.42 Å². The Morgan fingerprint density at radius 1 is 1.43 bits per heavy atom. The first-order valence-electron chi connectivity index (χ1n) is 7.11. The van der Waals surface area contributed by atoms with Crippen molar-refractivity contribution in [3.63, 3.8) is 0 Å². The average Bonchev–Trinajstić information content (AvgIpc) is 3.00. The van der Waals surface area contributed by atoms with Crippen LogP contribution in [0.25, 0.3) is 0 Å². The minimum Gasteiger partial charge on any atom is -0.465 e. The molecule has 21 heavy (non-hydrogen) atoms. The van der Waals surface area contributed by atoms with Crippen molar-refractivity contribution in [3.05, 3.63) is 35.7 Å². The van der Waals surface area contributed by atoms with Gasteiger partial charge in [0, 0.05) is 12.5 Å². The van der Waals surface area contributed by atoms with Crippen LogP contribution in [0.15, 0.2) is 27.8 Å². The van der Waals surface area contributed by atoms with Gasteiger partial charge in [-0.2, -0.15) is 4.31 Å². The molecule has 0 aliphatic heterocycles. The molecule has 1 fully saturated rings. The highest BCUT2D eigenvalue weighted by molar-refractivity contribution is 7.89. The molecule has 3 rings (SSSR count). The number of hydrogen-bond donors (Lipinski definition) is 1. The maximum atomic E-state index is 12.8. The molecule has 0 aromatic carbocycles. The zero-order valence-electron chi connectivity index (χ0n) is 12.2. The summed E-state index contributed by atoms with van der Waals surface area (Å²) in [4.78, 5) is 6.98. The average molecular weight is 309 g/mol. The molecule has 0 unspecified atom stereocenters. The van der Waals surface area contributed by atoms with Crippen LogP contribution in [-0.4, -0.2) is 28.7 Å². The van der Waals surface area contributed by atoms with E-state index < -0.39 is 10.0 Å². The van der Waals surface area contributed by atoms with E-state index in [2.05, 4.69) is 9.97 Å². The van der Waals surface area contributed by atoms with Gasteiger partial charge in [-0.15, -0.1) is 0 Å².